The van der Waals surface area contributed by atoms with Crippen LogP contribution in [0.4, 0.5) is 0 Å². The number of amides is 3. The second kappa shape index (κ2) is 40.9. The molecule has 0 aromatic rings. The van der Waals surface area contributed by atoms with Gasteiger partial charge < -0.3 is 16.0 Å². The Hall–Kier alpha value is -1.85. The molecule has 6 nitrogen and oxygen atoms in total. The monoisotopic (exact) mass is 800 g/mol. The first-order valence-electron chi connectivity index (χ1n) is 25.5. The molecule has 3 N–H and O–H groups in total. The van der Waals surface area contributed by atoms with E-state index in [0.29, 0.717) is 38.9 Å². The van der Waals surface area contributed by atoms with Crippen molar-refractivity contribution < 1.29 is 14.4 Å². The molecule has 0 aromatic heterocycles. The fourth-order valence-electron chi connectivity index (χ4n) is 8.63. The van der Waals surface area contributed by atoms with E-state index in [9.17, 15) is 14.4 Å². The van der Waals surface area contributed by atoms with Crippen LogP contribution in [0.2, 0.25) is 0 Å². The van der Waals surface area contributed by atoms with Gasteiger partial charge in [0.25, 0.3) is 0 Å². The van der Waals surface area contributed by atoms with Gasteiger partial charge in [-0.3, -0.25) is 14.4 Å². The maximum Gasteiger partial charge on any atom is 0.223 e. The average Bonchev–Trinajstić information content (AvgIpc) is 3.22. The summed E-state index contributed by atoms with van der Waals surface area (Å²) in [5.74, 6) is -0.753. The molecule has 0 saturated heterocycles. The van der Waals surface area contributed by atoms with Crippen molar-refractivity contribution in [1.82, 2.24) is 16.0 Å². The van der Waals surface area contributed by atoms with Gasteiger partial charge >= 0.3 is 0 Å². The van der Waals surface area contributed by atoms with Crippen molar-refractivity contribution in [3.63, 3.8) is 0 Å². The summed E-state index contributed by atoms with van der Waals surface area (Å²) in [5, 5.41) is 9.56. The van der Waals surface area contributed by atoms with Crippen LogP contribution in [0.15, 0.2) is 12.2 Å². The summed E-state index contributed by atoms with van der Waals surface area (Å²) in [5.41, 5.74) is 0. The first-order valence-corrected chi connectivity index (χ1v) is 25.5. The number of hydrogen-bond acceptors (Lipinski definition) is 3. The quantitative estimate of drug-likeness (QED) is 0.0425. The Morgan fingerprint density at radius 2 is 0.544 bits per heavy atom. The molecule has 2 atom stereocenters. The van der Waals surface area contributed by atoms with Crippen molar-refractivity contribution in [3.8, 4) is 0 Å². The van der Waals surface area contributed by atoms with E-state index in [1.165, 1.54) is 180 Å². The fourth-order valence-corrected chi connectivity index (χ4v) is 8.63. The smallest absolute Gasteiger partial charge is 0.223 e. The van der Waals surface area contributed by atoms with Crippen LogP contribution in [-0.4, -0.2) is 37.4 Å². The highest BCUT2D eigenvalue weighted by atomic mass is 16.2. The molecule has 1 aliphatic rings. The Kier molecular flexibility index (Phi) is 38.2. The van der Waals surface area contributed by atoms with Gasteiger partial charge in [0.05, 0.1) is 0 Å². The highest BCUT2D eigenvalue weighted by Crippen LogP contribution is 2.34. The highest BCUT2D eigenvalue weighted by molar-refractivity contribution is 5.85. The lowest BCUT2D eigenvalue weighted by molar-refractivity contribution is -0.134. The molecule has 1 saturated carbocycles. The molecule has 334 valence electrons. The van der Waals surface area contributed by atoms with Gasteiger partial charge in [-0.05, 0) is 64.2 Å². The molecule has 1 aliphatic carbocycles. The molecular formula is C51H97N3O3. The van der Waals surface area contributed by atoms with E-state index in [2.05, 4.69) is 48.9 Å². The molecule has 0 aliphatic heterocycles. The minimum Gasteiger partial charge on any atom is -0.356 e. The third-order valence-corrected chi connectivity index (χ3v) is 12.5. The Morgan fingerprint density at radius 1 is 0.333 bits per heavy atom. The van der Waals surface area contributed by atoms with Crippen LogP contribution in [0, 0.1) is 17.8 Å². The highest BCUT2D eigenvalue weighted by Gasteiger charge is 2.38. The van der Waals surface area contributed by atoms with Gasteiger partial charge in [-0.1, -0.05) is 206 Å². The van der Waals surface area contributed by atoms with Crippen molar-refractivity contribution in [2.75, 3.05) is 19.6 Å². The average molecular weight is 800 g/mol. The second-order valence-corrected chi connectivity index (χ2v) is 18.0. The minimum atomic E-state index is -0.283. The van der Waals surface area contributed by atoms with Gasteiger partial charge in [0, 0.05) is 37.4 Å². The lowest BCUT2D eigenvalue weighted by Gasteiger charge is -2.33. The Balaban J connectivity index is 2.39. The van der Waals surface area contributed by atoms with Crippen LogP contribution in [0.3, 0.4) is 0 Å². The number of hydrogen-bond donors (Lipinski definition) is 3. The topological polar surface area (TPSA) is 87.3 Å². The molecule has 2 unspecified atom stereocenters. The molecule has 0 radical (unpaired) electrons. The lowest BCUT2D eigenvalue weighted by Crippen LogP contribution is -2.45. The van der Waals surface area contributed by atoms with Crippen LogP contribution in [0.5, 0.6) is 0 Å². The summed E-state index contributed by atoms with van der Waals surface area (Å²) in [4.78, 5) is 40.2. The molecule has 57 heavy (non-hydrogen) atoms. The van der Waals surface area contributed by atoms with E-state index in [0.717, 1.165) is 38.5 Å². The van der Waals surface area contributed by atoms with E-state index in [1.54, 1.807) is 0 Å². The number of unbranched alkanes of at least 4 members (excludes halogenated alkanes) is 30. The van der Waals surface area contributed by atoms with Crippen LogP contribution in [0.1, 0.15) is 258 Å². The van der Waals surface area contributed by atoms with Crippen molar-refractivity contribution in [3.05, 3.63) is 12.2 Å². The molecule has 0 spiro atoms. The third-order valence-electron chi connectivity index (χ3n) is 12.5. The van der Waals surface area contributed by atoms with Crippen molar-refractivity contribution >= 4 is 17.7 Å². The number of nitrogens with one attached hydrogen (secondary N) is 3. The predicted molar refractivity (Wildman–Crippen MR) is 246 cm³/mol. The number of carbonyl (C=O) groups excluding carboxylic acids is 3. The fraction of sp³-hybridized carbons (Fsp3) is 0.902. The maximum atomic E-state index is 13.4. The zero-order chi connectivity index (χ0) is 41.3. The first kappa shape index (κ1) is 53.2. The molecule has 6 heteroatoms. The van der Waals surface area contributed by atoms with Gasteiger partial charge in [0.15, 0.2) is 0 Å². The maximum absolute atomic E-state index is 13.4. The van der Waals surface area contributed by atoms with E-state index in [-0.39, 0.29) is 35.5 Å². The molecule has 3 amide bonds. The summed E-state index contributed by atoms with van der Waals surface area (Å²) in [6, 6.07) is 0. The summed E-state index contributed by atoms with van der Waals surface area (Å²) in [6.45, 7) is 8.86. The molecule has 0 bridgehead atoms. The zero-order valence-electron chi connectivity index (χ0n) is 38.4. The lowest BCUT2D eigenvalue weighted by atomic mass is 9.74. The Bertz CT molecular complexity index is 906. The van der Waals surface area contributed by atoms with E-state index < -0.39 is 0 Å². The van der Waals surface area contributed by atoms with Crippen molar-refractivity contribution in [2.24, 2.45) is 17.8 Å². The van der Waals surface area contributed by atoms with Gasteiger partial charge in [0.1, 0.15) is 0 Å². The molecule has 1 fully saturated rings. The number of allylic oxidation sites excluding steroid dienone is 2. The van der Waals surface area contributed by atoms with Gasteiger partial charge in [0.2, 0.25) is 17.7 Å². The first-order chi connectivity index (χ1) is 28.0. The predicted octanol–water partition coefficient (Wildman–Crippen LogP) is 14.2. The van der Waals surface area contributed by atoms with Crippen LogP contribution >= 0.6 is 0 Å². The van der Waals surface area contributed by atoms with Gasteiger partial charge in [-0.2, -0.15) is 0 Å². The molecular weight excluding hydrogens is 703 g/mol. The van der Waals surface area contributed by atoms with E-state index >= 15 is 0 Å². The van der Waals surface area contributed by atoms with Gasteiger partial charge in [-0.15, -0.1) is 0 Å². The van der Waals surface area contributed by atoms with Crippen LogP contribution in [0.25, 0.3) is 0 Å². The number of carbonyl (C=O) groups is 3. The van der Waals surface area contributed by atoms with Crippen molar-refractivity contribution in [2.45, 2.75) is 258 Å². The van der Waals surface area contributed by atoms with Crippen molar-refractivity contribution in [1.29, 1.82) is 0 Å². The van der Waals surface area contributed by atoms with Crippen LogP contribution < -0.4 is 16.0 Å². The van der Waals surface area contributed by atoms with Gasteiger partial charge in [-0.25, -0.2) is 0 Å². The minimum absolute atomic E-state index is 0.0300. The van der Waals surface area contributed by atoms with E-state index in [1.807, 2.05) is 0 Å². The van der Waals surface area contributed by atoms with Crippen LogP contribution in [-0.2, 0) is 14.4 Å². The summed E-state index contributed by atoms with van der Waals surface area (Å²) in [7, 11) is 0. The zero-order valence-corrected chi connectivity index (χ0v) is 38.4. The second-order valence-electron chi connectivity index (χ2n) is 18.0. The van der Waals surface area contributed by atoms with E-state index in [4.69, 9.17) is 0 Å². The summed E-state index contributed by atoms with van der Waals surface area (Å²) < 4.78 is 0. The Morgan fingerprint density at radius 3 is 0.789 bits per heavy atom. The molecule has 1 rings (SSSR count). The number of rotatable bonds is 41. The Labute approximate surface area is 354 Å². The summed E-state index contributed by atoms with van der Waals surface area (Å²) >= 11 is 0. The normalized spacial score (nSPS) is 16.9. The SMILES string of the molecule is CCCCCCCC/C=C\CCCCCCCCNC(=O)C1CC(C(=O)NCCCCCCCCCCCC)CC(C(=O)NCCCCCCCCCCCC)C1. The third kappa shape index (κ3) is 32.7. The standard InChI is InChI=1S/C51H97N3O3/c1-4-7-10-13-16-19-22-23-24-25-26-27-30-33-36-39-42-54-51(57)48-44-46(49(55)52-40-37-34-31-28-20-17-14-11-8-5-2)43-47(45-48)50(56)53-41-38-35-32-29-21-18-15-12-9-6-3/h23-24,46-48H,4-22,25-45H2,1-3H3,(H,52,55)(H,53,56)(H,54,57)/b24-23-. The molecule has 0 heterocycles. The summed E-state index contributed by atoms with van der Waals surface area (Å²) in [6.07, 6.45) is 49.6. The molecule has 0 aromatic carbocycles. The largest absolute Gasteiger partial charge is 0.356 e.